The van der Waals surface area contributed by atoms with Gasteiger partial charge >= 0.3 is 29.8 Å². The van der Waals surface area contributed by atoms with Crippen LogP contribution in [0.2, 0.25) is 0 Å². The number of aliphatic carboxylic acids is 3. The van der Waals surface area contributed by atoms with E-state index in [9.17, 15) is 39.3 Å². The zero-order valence-electron chi connectivity index (χ0n) is 34.7. The third-order valence-electron chi connectivity index (χ3n) is 16.1. The van der Waals surface area contributed by atoms with Crippen molar-refractivity contribution in [2.24, 2.45) is 61.1 Å². The molecule has 0 aromatic carbocycles. The maximum atomic E-state index is 13.5. The van der Waals surface area contributed by atoms with Gasteiger partial charge in [-0.3, -0.25) is 24.0 Å². The summed E-state index contributed by atoms with van der Waals surface area (Å²) in [6.45, 7) is 20.9. The topological polar surface area (TPSA) is 164 Å². The minimum absolute atomic E-state index is 0.0105. The van der Waals surface area contributed by atoms with Crippen molar-refractivity contribution in [3.05, 3.63) is 11.6 Å². The number of carbonyl (C=O) groups is 5. The predicted octanol–water partition coefficient (Wildman–Crippen LogP) is 9.09. The van der Waals surface area contributed by atoms with Crippen LogP contribution in [0.3, 0.4) is 0 Å². The first kappa shape index (κ1) is 42.2. The van der Waals surface area contributed by atoms with Crippen molar-refractivity contribution < 1.29 is 48.8 Å². The van der Waals surface area contributed by atoms with Crippen molar-refractivity contribution >= 4 is 29.8 Å². The number of esters is 2. The molecule has 0 heterocycles. The third-order valence-corrected chi connectivity index (χ3v) is 16.1. The fraction of sp³-hybridized carbons (Fsp3) is 0.841. The molecule has 0 saturated heterocycles. The molecule has 5 rings (SSSR count). The minimum atomic E-state index is -0.983. The lowest BCUT2D eigenvalue weighted by atomic mass is 9.33. The van der Waals surface area contributed by atoms with Crippen LogP contribution < -0.4 is 0 Å². The molecule has 10 heteroatoms. The van der Waals surface area contributed by atoms with Crippen LogP contribution in [-0.4, -0.2) is 57.9 Å². The Labute approximate surface area is 322 Å². The molecule has 3 N–H and O–H groups in total. The van der Waals surface area contributed by atoms with Crippen LogP contribution in [0.4, 0.5) is 0 Å². The quantitative estimate of drug-likeness (QED) is 0.129. The van der Waals surface area contributed by atoms with Gasteiger partial charge in [0.15, 0.2) is 0 Å². The van der Waals surface area contributed by atoms with Gasteiger partial charge in [-0.2, -0.15) is 0 Å². The number of hydrogen-bond acceptors (Lipinski definition) is 7. The summed E-state index contributed by atoms with van der Waals surface area (Å²) < 4.78 is 12.4. The van der Waals surface area contributed by atoms with Gasteiger partial charge < -0.3 is 24.8 Å². The van der Waals surface area contributed by atoms with Crippen LogP contribution in [0.15, 0.2) is 11.6 Å². The molecule has 0 amide bonds. The number of ether oxygens (including phenoxy) is 2. The van der Waals surface area contributed by atoms with Gasteiger partial charge in [0.05, 0.1) is 31.1 Å². The monoisotopic (exact) mass is 756 g/mol. The summed E-state index contributed by atoms with van der Waals surface area (Å²) in [5, 5.41) is 29.6. The van der Waals surface area contributed by atoms with Crippen molar-refractivity contribution in [1.29, 1.82) is 0 Å². The number of fused-ring (bicyclic) bond motifs is 7. The van der Waals surface area contributed by atoms with Gasteiger partial charge in [0.25, 0.3) is 0 Å². The van der Waals surface area contributed by atoms with Gasteiger partial charge in [-0.05, 0) is 114 Å². The number of rotatable bonds is 12. The van der Waals surface area contributed by atoms with Crippen LogP contribution in [0.5, 0.6) is 0 Å². The molecule has 9 atom stereocenters. The first-order valence-electron chi connectivity index (χ1n) is 20.4. The molecule has 0 aromatic rings. The van der Waals surface area contributed by atoms with Gasteiger partial charge in [-0.25, -0.2) is 0 Å². The fourth-order valence-electron chi connectivity index (χ4n) is 13.0. The molecule has 10 nitrogen and oxygen atoms in total. The van der Waals surface area contributed by atoms with E-state index in [2.05, 4.69) is 47.6 Å². The largest absolute Gasteiger partial charge is 0.481 e. The van der Waals surface area contributed by atoms with E-state index >= 15 is 0 Å². The Morgan fingerprint density at radius 2 is 1.30 bits per heavy atom. The zero-order chi connectivity index (χ0) is 40.5. The smallest absolute Gasteiger partial charge is 0.310 e. The second kappa shape index (κ2) is 13.9. The summed E-state index contributed by atoms with van der Waals surface area (Å²) >= 11 is 0. The normalized spacial score (nSPS) is 38.7. The summed E-state index contributed by atoms with van der Waals surface area (Å²) in [5.41, 5.74) is -2.11. The molecule has 4 fully saturated rings. The molecule has 0 bridgehead atoms. The van der Waals surface area contributed by atoms with Gasteiger partial charge in [0, 0.05) is 5.41 Å². The molecule has 0 radical (unpaired) electrons. The summed E-state index contributed by atoms with van der Waals surface area (Å²) in [7, 11) is 0. The van der Waals surface area contributed by atoms with Crippen molar-refractivity contribution in [3.63, 3.8) is 0 Å². The molecule has 4 saturated carbocycles. The second-order valence-electron chi connectivity index (χ2n) is 21.7. The third kappa shape index (κ3) is 7.37. The lowest BCUT2D eigenvalue weighted by Gasteiger charge is -2.71. The van der Waals surface area contributed by atoms with E-state index in [4.69, 9.17) is 9.47 Å². The molecular formula is C44H68O10. The van der Waals surface area contributed by atoms with Crippen molar-refractivity contribution in [1.82, 2.24) is 0 Å². The molecular weight excluding hydrogens is 688 g/mol. The van der Waals surface area contributed by atoms with E-state index in [1.807, 2.05) is 0 Å². The number of carbonyl (C=O) groups excluding carboxylic acids is 2. The Bertz CT molecular complexity index is 1570. The Hall–Kier alpha value is -2.91. The standard InChI is InChI=1S/C44H68O10/c1-37(2)17-19-44(36(51)52)20-18-42(9)27(28(44)21-37)11-12-30-40(7)15-14-31(54-35(50)25-39(5,6)23-33(47)48)41(8,29(40)13-16-43(30,42)10)26-53-34(49)24-38(3,4)22-32(45)46/h11,28-31H,12-26H2,1-10H3,(H,45,46)(H,47,48)(H,51,52)/t28-,29+,30+,31-,40-,41?,42+,43+,44-/m0/s1. The first-order valence-corrected chi connectivity index (χ1v) is 20.4. The highest BCUT2D eigenvalue weighted by Gasteiger charge is 2.70. The molecule has 5 aliphatic rings. The molecule has 5 aliphatic carbocycles. The summed E-state index contributed by atoms with van der Waals surface area (Å²) in [6, 6.07) is 0. The maximum absolute atomic E-state index is 13.5. The second-order valence-corrected chi connectivity index (χ2v) is 21.7. The maximum Gasteiger partial charge on any atom is 0.310 e. The predicted molar refractivity (Wildman–Crippen MR) is 203 cm³/mol. The number of allylic oxidation sites excluding steroid dienone is 2. The molecule has 0 aliphatic heterocycles. The van der Waals surface area contributed by atoms with E-state index < -0.39 is 57.6 Å². The van der Waals surface area contributed by atoms with E-state index in [1.165, 1.54) is 5.57 Å². The van der Waals surface area contributed by atoms with E-state index in [0.29, 0.717) is 19.3 Å². The van der Waals surface area contributed by atoms with E-state index in [0.717, 1.165) is 44.9 Å². The Balaban J connectivity index is 1.49. The molecule has 304 valence electrons. The van der Waals surface area contributed by atoms with Crippen LogP contribution in [-0.2, 0) is 33.4 Å². The molecule has 0 spiro atoms. The molecule has 54 heavy (non-hydrogen) atoms. The van der Waals surface area contributed by atoms with Crippen LogP contribution in [0.25, 0.3) is 0 Å². The average Bonchev–Trinajstić information content (AvgIpc) is 2.99. The highest BCUT2D eigenvalue weighted by Crippen LogP contribution is 2.76. The fourth-order valence-corrected chi connectivity index (χ4v) is 13.0. The summed E-state index contributed by atoms with van der Waals surface area (Å²) in [4.78, 5) is 63.0. The van der Waals surface area contributed by atoms with Gasteiger partial charge in [-0.15, -0.1) is 0 Å². The molecule has 1 unspecified atom stereocenters. The van der Waals surface area contributed by atoms with Crippen molar-refractivity contribution in [2.45, 2.75) is 165 Å². The van der Waals surface area contributed by atoms with E-state index in [1.54, 1.807) is 27.7 Å². The van der Waals surface area contributed by atoms with Crippen LogP contribution in [0, 0.1) is 61.1 Å². The molecule has 0 aromatic heterocycles. The minimum Gasteiger partial charge on any atom is -0.481 e. The summed E-state index contributed by atoms with van der Waals surface area (Å²) in [6.07, 6.45) is 9.38. The average molecular weight is 757 g/mol. The van der Waals surface area contributed by atoms with E-state index in [-0.39, 0.29) is 71.7 Å². The lowest BCUT2D eigenvalue weighted by Crippen LogP contribution is -2.66. The first-order chi connectivity index (χ1) is 24.7. The number of carboxylic acids is 3. The van der Waals surface area contributed by atoms with Crippen molar-refractivity contribution in [3.8, 4) is 0 Å². The van der Waals surface area contributed by atoms with Crippen LogP contribution >= 0.6 is 0 Å². The van der Waals surface area contributed by atoms with Crippen molar-refractivity contribution in [2.75, 3.05) is 6.61 Å². The Kier molecular flexibility index (Phi) is 10.9. The van der Waals surface area contributed by atoms with Crippen LogP contribution in [0.1, 0.15) is 159 Å². The van der Waals surface area contributed by atoms with Gasteiger partial charge in [-0.1, -0.05) is 80.9 Å². The Morgan fingerprint density at radius 1 is 0.722 bits per heavy atom. The number of hydrogen-bond donors (Lipinski definition) is 3. The SMILES string of the molecule is CC(C)(CC(=O)O)CC(=O)OCC1(C)[C@@H](OC(=O)CC(C)(C)CC(=O)O)CC[C@]2(C)[C@H]3CC=C4[C@@H]5CC(C)(C)CC[C@]5(C(=O)O)CC[C@@]4(C)[C@]3(C)CC[C@@H]12. The Morgan fingerprint density at radius 3 is 1.87 bits per heavy atom. The highest BCUT2D eigenvalue weighted by atomic mass is 16.6. The number of carboxylic acid groups (broad SMARTS) is 3. The zero-order valence-corrected chi connectivity index (χ0v) is 34.7. The van der Waals surface area contributed by atoms with Gasteiger partial charge in [0.1, 0.15) is 12.7 Å². The summed E-state index contributed by atoms with van der Waals surface area (Å²) in [5.74, 6) is -3.26. The van der Waals surface area contributed by atoms with Gasteiger partial charge in [0.2, 0.25) is 0 Å². The lowest BCUT2D eigenvalue weighted by molar-refractivity contribution is -0.228. The highest BCUT2D eigenvalue weighted by molar-refractivity contribution is 5.77.